The van der Waals surface area contributed by atoms with Gasteiger partial charge in [0.15, 0.2) is 0 Å². The molecule has 0 unspecified atom stereocenters. The molecule has 10 rings (SSSR count). The number of hydrogen-bond acceptors (Lipinski definition) is 4. The largest absolute Gasteiger partial charge is 0.355 e. The summed E-state index contributed by atoms with van der Waals surface area (Å²) >= 11 is 0. The fourth-order valence-corrected chi connectivity index (χ4v) is 6.87. The van der Waals surface area contributed by atoms with Crippen molar-refractivity contribution in [3.05, 3.63) is 143 Å². The Balaban J connectivity index is 0.000000131. The van der Waals surface area contributed by atoms with Crippen molar-refractivity contribution >= 4 is 44.1 Å². The molecule has 236 valence electrons. The van der Waals surface area contributed by atoms with Crippen molar-refractivity contribution in [1.82, 2.24) is 39.9 Å². The van der Waals surface area contributed by atoms with Crippen molar-refractivity contribution in [2.24, 2.45) is 0 Å². The van der Waals surface area contributed by atoms with Gasteiger partial charge in [-0.15, -0.1) is 0 Å². The van der Waals surface area contributed by atoms with Crippen LogP contribution in [0.2, 0.25) is 0 Å². The van der Waals surface area contributed by atoms with Gasteiger partial charge in [0.2, 0.25) is 0 Å². The third-order valence-electron chi connectivity index (χ3n) is 9.20. The zero-order valence-electron chi connectivity index (χ0n) is 26.7. The first-order valence-electron chi connectivity index (χ1n) is 16.9. The molecule has 0 spiro atoms. The average Bonchev–Trinajstić information content (AvgIpc) is 3.91. The highest BCUT2D eigenvalue weighted by molar-refractivity contribution is 5.68. The van der Waals surface area contributed by atoms with Crippen molar-refractivity contribution in [2.45, 2.75) is 51.4 Å². The highest BCUT2D eigenvalue weighted by Crippen LogP contribution is 2.18. The Morgan fingerprint density at radius 3 is 0.667 bits per heavy atom. The van der Waals surface area contributed by atoms with E-state index in [-0.39, 0.29) is 0 Å². The van der Waals surface area contributed by atoms with Gasteiger partial charge in [0.25, 0.3) is 0 Å². The van der Waals surface area contributed by atoms with Crippen LogP contribution in [0, 0.1) is 0 Å². The molecule has 0 saturated heterocycles. The summed E-state index contributed by atoms with van der Waals surface area (Å²) < 4.78 is 0. The second-order valence-corrected chi connectivity index (χ2v) is 13.0. The predicted octanol–water partition coefficient (Wildman–Crippen LogP) is 7.77. The first kappa shape index (κ1) is 28.5. The van der Waals surface area contributed by atoms with Crippen LogP contribution in [0.3, 0.4) is 0 Å². The van der Waals surface area contributed by atoms with E-state index in [9.17, 15) is 0 Å². The number of nitrogens with one attached hydrogen (secondary N) is 4. The highest BCUT2D eigenvalue weighted by Gasteiger charge is 2.11. The van der Waals surface area contributed by atoms with Gasteiger partial charge in [-0.1, -0.05) is 0 Å². The molecule has 8 nitrogen and oxygen atoms in total. The molecule has 16 bridgehead atoms. The number of fused-ring (bicyclic) bond motifs is 16. The van der Waals surface area contributed by atoms with Crippen LogP contribution < -0.4 is 0 Å². The molecule has 0 radical (unpaired) electrons. The third-order valence-corrected chi connectivity index (χ3v) is 9.20. The first-order chi connectivity index (χ1) is 23.6. The molecular weight excluding hydrogens is 592 g/mol. The molecule has 4 aliphatic rings. The van der Waals surface area contributed by atoms with Gasteiger partial charge in [-0.2, -0.15) is 0 Å². The van der Waals surface area contributed by atoms with E-state index in [0.717, 1.165) is 141 Å². The molecular formula is C40H36N8. The topological polar surface area (TPSA) is 115 Å². The van der Waals surface area contributed by atoms with Crippen molar-refractivity contribution in [1.29, 1.82) is 0 Å². The summed E-state index contributed by atoms with van der Waals surface area (Å²) in [4.78, 5) is 32.8. The van der Waals surface area contributed by atoms with Crippen molar-refractivity contribution < 1.29 is 0 Å². The van der Waals surface area contributed by atoms with Gasteiger partial charge < -0.3 is 19.9 Å². The summed E-state index contributed by atoms with van der Waals surface area (Å²) in [5.41, 5.74) is 17.9. The number of rotatable bonds is 0. The number of nitrogens with zero attached hydrogens (tertiary/aromatic N) is 4. The number of aromatic nitrogens is 8. The molecule has 48 heavy (non-hydrogen) atoms. The van der Waals surface area contributed by atoms with E-state index >= 15 is 0 Å². The molecule has 6 aromatic heterocycles. The molecule has 0 saturated carbocycles. The van der Waals surface area contributed by atoms with Crippen LogP contribution in [0.4, 0.5) is 0 Å². The minimum absolute atomic E-state index is 0.994. The number of hydrogen-bond donors (Lipinski definition) is 4. The molecule has 0 fully saturated rings. The van der Waals surface area contributed by atoms with Crippen LogP contribution in [-0.4, -0.2) is 39.9 Å². The average molecular weight is 629 g/mol. The lowest BCUT2D eigenvalue weighted by atomic mass is 10.2. The molecule has 4 N–H and O–H groups in total. The number of H-pyrrole nitrogens is 4. The summed E-state index contributed by atoms with van der Waals surface area (Å²) in [6.07, 6.45) is 7.98. The van der Waals surface area contributed by atoms with Gasteiger partial charge in [0.1, 0.15) is 0 Å². The van der Waals surface area contributed by atoms with Crippen LogP contribution in [-0.2, 0) is 51.4 Å². The van der Waals surface area contributed by atoms with E-state index in [1.165, 1.54) is 0 Å². The third kappa shape index (κ3) is 6.42. The Morgan fingerprint density at radius 1 is 0.250 bits per heavy atom. The fraction of sp³-hybridized carbons (Fsp3) is 0.200. The first-order valence-corrected chi connectivity index (χ1v) is 16.9. The fourth-order valence-electron chi connectivity index (χ4n) is 6.87. The van der Waals surface area contributed by atoms with Crippen LogP contribution in [0.1, 0.15) is 45.6 Å². The summed E-state index contributed by atoms with van der Waals surface area (Å²) in [7, 11) is 0. The predicted molar refractivity (Wildman–Crippen MR) is 192 cm³/mol. The Hall–Kier alpha value is -5.76. The molecule has 6 aromatic rings. The Labute approximate surface area is 277 Å². The number of aryl methyl sites for hydroxylation is 8. The summed E-state index contributed by atoms with van der Waals surface area (Å²) in [5, 5.41) is 0. The Kier molecular flexibility index (Phi) is 7.18. The van der Waals surface area contributed by atoms with Gasteiger partial charge >= 0.3 is 0 Å². The maximum atomic E-state index is 4.77. The molecule has 4 aliphatic heterocycles. The van der Waals surface area contributed by atoms with Crippen molar-refractivity contribution in [3.63, 3.8) is 0 Å². The summed E-state index contributed by atoms with van der Waals surface area (Å²) in [5.74, 6) is 0. The van der Waals surface area contributed by atoms with E-state index in [2.05, 4.69) is 117 Å². The quantitative estimate of drug-likeness (QED) is 0.138. The molecule has 0 amide bonds. The van der Waals surface area contributed by atoms with E-state index < -0.39 is 0 Å². The standard InChI is InChI=1S/2C20H18N4/c2*1-2-14-10-16-5-6-18(23-16)12-20-8-7-19(24-20)11-17-4-3-15(22-17)9-13(1)21-14/h1-2,7-12,21,24H,3-6H2;1-4,9-12,21-22H,5-8H2. The maximum absolute atomic E-state index is 4.77. The lowest BCUT2D eigenvalue weighted by Gasteiger charge is -1.86. The summed E-state index contributed by atoms with van der Waals surface area (Å²) in [6, 6.07) is 34.0. The second kappa shape index (κ2) is 12.1. The van der Waals surface area contributed by atoms with Crippen LogP contribution >= 0.6 is 0 Å². The van der Waals surface area contributed by atoms with Crippen molar-refractivity contribution in [3.8, 4) is 0 Å². The van der Waals surface area contributed by atoms with Crippen LogP contribution in [0.15, 0.2) is 97.1 Å². The lowest BCUT2D eigenvalue weighted by Crippen LogP contribution is -1.82. The SMILES string of the molecule is c1c2nc(cc3ccc(cc4ccc(cc5nc1CC5)[nH]4)[nH]3)CC2.c1cc2cc3nc(cc4ccc(cc5nc(cc1[nH]2)CC5)[nH]4)CC3. The maximum Gasteiger partial charge on any atom is 0.0431 e. The number of aromatic amines is 4. The Bertz CT molecular complexity index is 2240. The smallest absolute Gasteiger partial charge is 0.0431 e. The monoisotopic (exact) mass is 628 g/mol. The minimum Gasteiger partial charge on any atom is -0.355 e. The summed E-state index contributed by atoms with van der Waals surface area (Å²) in [6.45, 7) is 0. The van der Waals surface area contributed by atoms with E-state index in [1.807, 2.05) is 0 Å². The van der Waals surface area contributed by atoms with Gasteiger partial charge in [0, 0.05) is 89.7 Å². The lowest BCUT2D eigenvalue weighted by molar-refractivity contribution is 0.999. The highest BCUT2D eigenvalue weighted by atomic mass is 14.8. The molecule has 0 aromatic carbocycles. The van der Waals surface area contributed by atoms with Gasteiger partial charge in [-0.3, -0.25) is 19.9 Å². The van der Waals surface area contributed by atoms with Gasteiger partial charge in [-0.05, 0) is 148 Å². The molecule has 8 heteroatoms. The molecule has 0 atom stereocenters. The Morgan fingerprint density at radius 2 is 0.438 bits per heavy atom. The normalized spacial score (nSPS) is 14.0. The zero-order chi connectivity index (χ0) is 31.9. The van der Waals surface area contributed by atoms with Crippen LogP contribution in [0.25, 0.3) is 44.1 Å². The van der Waals surface area contributed by atoms with Crippen LogP contribution in [0.5, 0.6) is 0 Å². The molecule has 10 heterocycles. The van der Waals surface area contributed by atoms with E-state index in [4.69, 9.17) is 19.9 Å². The second-order valence-electron chi connectivity index (χ2n) is 13.0. The van der Waals surface area contributed by atoms with Gasteiger partial charge in [0.05, 0.1) is 0 Å². The van der Waals surface area contributed by atoms with E-state index in [0.29, 0.717) is 0 Å². The molecule has 0 aliphatic carbocycles. The van der Waals surface area contributed by atoms with Crippen molar-refractivity contribution in [2.75, 3.05) is 0 Å². The van der Waals surface area contributed by atoms with Gasteiger partial charge in [-0.25, -0.2) is 0 Å². The van der Waals surface area contributed by atoms with E-state index in [1.54, 1.807) is 0 Å². The minimum atomic E-state index is 0.994. The zero-order valence-corrected chi connectivity index (χ0v) is 26.7.